The standard InChI is InChI=1S/C18H16N2O4S2/c1-11-3-4-13(15-9-25-12(2)19-15)7-18(11)26(21,22)20-14-5-6-16-17(8-14)24-10-23-16/h3-9,20H,10H2,1-2H3. The van der Waals surface area contributed by atoms with Gasteiger partial charge >= 0.3 is 0 Å². The second kappa shape index (κ2) is 6.30. The zero-order valence-electron chi connectivity index (χ0n) is 14.1. The Kier molecular flexibility index (Phi) is 4.08. The molecule has 0 saturated carbocycles. The van der Waals surface area contributed by atoms with Gasteiger partial charge in [0, 0.05) is 17.0 Å². The van der Waals surface area contributed by atoms with E-state index < -0.39 is 10.0 Å². The molecule has 1 aromatic heterocycles. The summed E-state index contributed by atoms with van der Waals surface area (Å²) in [4.78, 5) is 4.65. The number of aromatic nitrogens is 1. The van der Waals surface area contributed by atoms with Crippen LogP contribution in [-0.2, 0) is 10.0 Å². The number of nitrogens with zero attached hydrogens (tertiary/aromatic N) is 1. The fourth-order valence-electron chi connectivity index (χ4n) is 2.72. The van der Waals surface area contributed by atoms with E-state index >= 15 is 0 Å². The fraction of sp³-hybridized carbons (Fsp3) is 0.167. The lowest BCUT2D eigenvalue weighted by molar-refractivity contribution is 0.174. The van der Waals surface area contributed by atoms with Gasteiger partial charge in [0.1, 0.15) is 0 Å². The van der Waals surface area contributed by atoms with Gasteiger partial charge in [-0.1, -0.05) is 12.1 Å². The molecule has 134 valence electrons. The third-order valence-electron chi connectivity index (χ3n) is 4.02. The van der Waals surface area contributed by atoms with Crippen LogP contribution in [0.4, 0.5) is 5.69 Å². The first-order valence-electron chi connectivity index (χ1n) is 7.88. The quantitative estimate of drug-likeness (QED) is 0.732. The first-order chi connectivity index (χ1) is 12.4. The Morgan fingerprint density at radius 3 is 2.65 bits per heavy atom. The van der Waals surface area contributed by atoms with Gasteiger partial charge in [0.05, 0.1) is 21.3 Å². The van der Waals surface area contributed by atoms with Crippen molar-refractivity contribution in [3.8, 4) is 22.8 Å². The first kappa shape index (κ1) is 16.9. The van der Waals surface area contributed by atoms with Gasteiger partial charge < -0.3 is 9.47 Å². The SMILES string of the molecule is Cc1nc(-c2ccc(C)c(S(=O)(=O)Nc3ccc4c(c3)OCO4)c2)cs1. The van der Waals surface area contributed by atoms with E-state index in [0.717, 1.165) is 16.3 Å². The van der Waals surface area contributed by atoms with Crippen LogP contribution in [0.1, 0.15) is 10.6 Å². The predicted octanol–water partition coefficient (Wildman–Crippen LogP) is 3.96. The summed E-state index contributed by atoms with van der Waals surface area (Å²) in [5.74, 6) is 1.12. The van der Waals surface area contributed by atoms with E-state index in [4.69, 9.17) is 9.47 Å². The second-order valence-corrected chi connectivity index (χ2v) is 8.62. The zero-order chi connectivity index (χ0) is 18.3. The van der Waals surface area contributed by atoms with Crippen LogP contribution in [0.3, 0.4) is 0 Å². The molecule has 0 amide bonds. The molecular weight excluding hydrogens is 372 g/mol. The maximum absolute atomic E-state index is 12.9. The van der Waals surface area contributed by atoms with Crippen LogP contribution in [0.5, 0.6) is 11.5 Å². The molecule has 0 aliphatic carbocycles. The second-order valence-electron chi connectivity index (χ2n) is 5.91. The lowest BCUT2D eigenvalue weighted by Gasteiger charge is -2.12. The fourth-order valence-corrected chi connectivity index (χ4v) is 4.66. The van der Waals surface area contributed by atoms with E-state index in [1.165, 1.54) is 11.3 Å². The number of benzene rings is 2. The van der Waals surface area contributed by atoms with Gasteiger partial charge in [0.25, 0.3) is 10.0 Å². The number of thiazole rings is 1. The molecule has 3 aromatic rings. The molecule has 0 atom stereocenters. The number of fused-ring (bicyclic) bond motifs is 1. The molecule has 4 rings (SSSR count). The van der Waals surface area contributed by atoms with Crippen molar-refractivity contribution in [3.63, 3.8) is 0 Å². The predicted molar refractivity (Wildman–Crippen MR) is 100 cm³/mol. The molecule has 0 bridgehead atoms. The summed E-state index contributed by atoms with van der Waals surface area (Å²) >= 11 is 1.53. The minimum Gasteiger partial charge on any atom is -0.454 e. The van der Waals surface area contributed by atoms with Crippen molar-refractivity contribution in [1.29, 1.82) is 0 Å². The van der Waals surface area contributed by atoms with Gasteiger partial charge in [0.15, 0.2) is 11.5 Å². The summed E-state index contributed by atoms with van der Waals surface area (Å²) in [6.45, 7) is 3.82. The summed E-state index contributed by atoms with van der Waals surface area (Å²) in [5.41, 5.74) is 2.62. The lowest BCUT2D eigenvalue weighted by atomic mass is 10.1. The van der Waals surface area contributed by atoms with Crippen LogP contribution < -0.4 is 14.2 Å². The highest BCUT2D eigenvalue weighted by atomic mass is 32.2. The number of hydrogen-bond acceptors (Lipinski definition) is 6. The molecule has 2 aromatic carbocycles. The Morgan fingerprint density at radius 2 is 1.88 bits per heavy atom. The summed E-state index contributed by atoms with van der Waals surface area (Å²) < 4.78 is 39.0. The zero-order valence-corrected chi connectivity index (χ0v) is 15.8. The highest BCUT2D eigenvalue weighted by Gasteiger charge is 2.20. The summed E-state index contributed by atoms with van der Waals surface area (Å²) in [5, 5.41) is 2.85. The summed E-state index contributed by atoms with van der Waals surface area (Å²) in [6.07, 6.45) is 0. The summed E-state index contributed by atoms with van der Waals surface area (Å²) in [7, 11) is -3.76. The minimum atomic E-state index is -3.76. The van der Waals surface area contributed by atoms with Gasteiger partial charge in [0.2, 0.25) is 6.79 Å². The van der Waals surface area contributed by atoms with E-state index in [0.29, 0.717) is 22.7 Å². The number of sulfonamides is 1. The average Bonchev–Trinajstić information content (AvgIpc) is 3.23. The van der Waals surface area contributed by atoms with Crippen molar-refractivity contribution in [3.05, 3.63) is 52.3 Å². The average molecular weight is 388 g/mol. The molecule has 26 heavy (non-hydrogen) atoms. The molecule has 1 aliphatic rings. The van der Waals surface area contributed by atoms with E-state index in [2.05, 4.69) is 9.71 Å². The Bertz CT molecular complexity index is 1090. The van der Waals surface area contributed by atoms with E-state index in [9.17, 15) is 8.42 Å². The normalized spacial score (nSPS) is 13.0. The number of nitrogens with one attached hydrogen (secondary N) is 1. The Morgan fingerprint density at radius 1 is 1.08 bits per heavy atom. The number of ether oxygens (including phenoxy) is 2. The van der Waals surface area contributed by atoms with Crippen molar-refractivity contribution >= 4 is 27.0 Å². The van der Waals surface area contributed by atoms with Crippen molar-refractivity contribution < 1.29 is 17.9 Å². The van der Waals surface area contributed by atoms with Crippen molar-refractivity contribution in [2.75, 3.05) is 11.5 Å². The summed E-state index contributed by atoms with van der Waals surface area (Å²) in [6, 6.07) is 10.3. The molecule has 1 N–H and O–H groups in total. The Balaban J connectivity index is 1.69. The number of anilines is 1. The molecule has 0 saturated heterocycles. The first-order valence-corrected chi connectivity index (χ1v) is 10.2. The molecule has 6 nitrogen and oxygen atoms in total. The van der Waals surface area contributed by atoms with Crippen molar-refractivity contribution in [2.24, 2.45) is 0 Å². The Labute approximate surface area is 155 Å². The highest BCUT2D eigenvalue weighted by molar-refractivity contribution is 7.92. The third-order valence-corrected chi connectivity index (χ3v) is 6.31. The number of rotatable bonds is 4. The topological polar surface area (TPSA) is 77.5 Å². The highest BCUT2D eigenvalue weighted by Crippen LogP contribution is 2.35. The van der Waals surface area contributed by atoms with Crippen molar-refractivity contribution in [1.82, 2.24) is 4.98 Å². The smallest absolute Gasteiger partial charge is 0.262 e. The molecule has 1 aliphatic heterocycles. The molecular formula is C18H16N2O4S2. The van der Waals surface area contributed by atoms with Gasteiger partial charge in [-0.2, -0.15) is 0 Å². The number of aryl methyl sites for hydroxylation is 2. The van der Waals surface area contributed by atoms with E-state index in [1.807, 2.05) is 18.4 Å². The molecule has 0 radical (unpaired) electrons. The van der Waals surface area contributed by atoms with Gasteiger partial charge in [-0.25, -0.2) is 13.4 Å². The monoisotopic (exact) mass is 388 g/mol. The van der Waals surface area contributed by atoms with Crippen LogP contribution in [0.15, 0.2) is 46.7 Å². The van der Waals surface area contributed by atoms with Crippen LogP contribution in [-0.4, -0.2) is 20.2 Å². The van der Waals surface area contributed by atoms with Gasteiger partial charge in [-0.05, 0) is 37.6 Å². The Hall–Kier alpha value is -2.58. The van der Waals surface area contributed by atoms with Crippen LogP contribution >= 0.6 is 11.3 Å². The van der Waals surface area contributed by atoms with Crippen LogP contribution in [0.2, 0.25) is 0 Å². The minimum absolute atomic E-state index is 0.139. The lowest BCUT2D eigenvalue weighted by Crippen LogP contribution is -2.14. The van der Waals surface area contributed by atoms with E-state index in [1.54, 1.807) is 37.3 Å². The van der Waals surface area contributed by atoms with Crippen LogP contribution in [0.25, 0.3) is 11.3 Å². The number of hydrogen-bond donors (Lipinski definition) is 1. The molecule has 0 unspecified atom stereocenters. The van der Waals surface area contributed by atoms with E-state index in [-0.39, 0.29) is 11.7 Å². The van der Waals surface area contributed by atoms with Gasteiger partial charge in [-0.3, -0.25) is 4.72 Å². The molecule has 0 fully saturated rings. The van der Waals surface area contributed by atoms with Crippen molar-refractivity contribution in [2.45, 2.75) is 18.7 Å². The maximum atomic E-state index is 12.9. The molecule has 2 heterocycles. The largest absolute Gasteiger partial charge is 0.454 e. The molecule has 8 heteroatoms. The van der Waals surface area contributed by atoms with Crippen LogP contribution in [0, 0.1) is 13.8 Å². The third kappa shape index (κ3) is 3.13. The maximum Gasteiger partial charge on any atom is 0.262 e. The van der Waals surface area contributed by atoms with Gasteiger partial charge in [-0.15, -0.1) is 11.3 Å². The molecule has 0 spiro atoms.